The normalized spacial score (nSPS) is 20.0. The van der Waals surface area contributed by atoms with Crippen LogP contribution >= 0.6 is 0 Å². The number of hydrogen-bond donors (Lipinski definition) is 1. The van der Waals surface area contributed by atoms with Crippen LogP contribution in [0.1, 0.15) is 34.1 Å². The van der Waals surface area contributed by atoms with Crippen molar-refractivity contribution in [2.24, 2.45) is 4.99 Å². The first-order valence-electron chi connectivity index (χ1n) is 5.53. The fourth-order valence-corrected chi connectivity index (χ4v) is 1.26. The number of alkyl carbamates (subject to hydrolysis) is 1. The summed E-state index contributed by atoms with van der Waals surface area (Å²) in [4.78, 5) is 15.5. The standard InChI is InChI=1S/C11H20N2O3/c1-8-7-13-9(15-8)5-6-12-10(14)16-11(2,3)4/h8H,5-7H2,1-4H3,(H,12,14). The summed E-state index contributed by atoms with van der Waals surface area (Å²) in [6, 6.07) is 0. The quantitative estimate of drug-likeness (QED) is 0.800. The van der Waals surface area contributed by atoms with Gasteiger partial charge in [-0.25, -0.2) is 4.79 Å². The first-order chi connectivity index (χ1) is 7.37. The van der Waals surface area contributed by atoms with Gasteiger partial charge in [-0.05, 0) is 27.7 Å². The van der Waals surface area contributed by atoms with Crippen molar-refractivity contribution in [1.29, 1.82) is 0 Å². The lowest BCUT2D eigenvalue weighted by Gasteiger charge is -2.19. The number of aliphatic imine (C=N–C) groups is 1. The van der Waals surface area contributed by atoms with Crippen molar-refractivity contribution in [2.45, 2.75) is 45.8 Å². The highest BCUT2D eigenvalue weighted by Crippen LogP contribution is 2.07. The van der Waals surface area contributed by atoms with E-state index in [1.54, 1.807) is 0 Å². The number of hydrogen-bond acceptors (Lipinski definition) is 4. The van der Waals surface area contributed by atoms with Gasteiger partial charge in [-0.1, -0.05) is 0 Å². The van der Waals surface area contributed by atoms with Crippen LogP contribution in [0.3, 0.4) is 0 Å². The lowest BCUT2D eigenvalue weighted by molar-refractivity contribution is 0.0529. The van der Waals surface area contributed by atoms with Crippen molar-refractivity contribution in [2.75, 3.05) is 13.1 Å². The van der Waals surface area contributed by atoms with Crippen LogP contribution in [0.5, 0.6) is 0 Å². The number of amides is 1. The minimum Gasteiger partial charge on any atom is -0.476 e. The summed E-state index contributed by atoms with van der Waals surface area (Å²) in [6.45, 7) is 8.66. The third kappa shape index (κ3) is 5.00. The number of nitrogens with zero attached hydrogens (tertiary/aromatic N) is 1. The molecule has 1 unspecified atom stereocenters. The molecule has 0 aliphatic carbocycles. The van der Waals surface area contributed by atoms with Gasteiger partial charge in [0.15, 0.2) is 5.90 Å². The largest absolute Gasteiger partial charge is 0.476 e. The highest BCUT2D eigenvalue weighted by molar-refractivity contribution is 5.78. The second kappa shape index (κ2) is 5.18. The highest BCUT2D eigenvalue weighted by Gasteiger charge is 2.17. The predicted octanol–water partition coefficient (Wildman–Crippen LogP) is 1.72. The molecule has 1 aliphatic heterocycles. The average Bonchev–Trinajstić information content (AvgIpc) is 2.48. The van der Waals surface area contributed by atoms with Crippen molar-refractivity contribution in [3.8, 4) is 0 Å². The Kier molecular flexibility index (Phi) is 4.15. The fourth-order valence-electron chi connectivity index (χ4n) is 1.26. The number of nitrogens with one attached hydrogen (secondary N) is 1. The fraction of sp³-hybridized carbons (Fsp3) is 0.818. The Balaban J connectivity index is 2.14. The van der Waals surface area contributed by atoms with E-state index in [-0.39, 0.29) is 6.10 Å². The zero-order valence-corrected chi connectivity index (χ0v) is 10.4. The Morgan fingerprint density at radius 2 is 2.31 bits per heavy atom. The molecule has 16 heavy (non-hydrogen) atoms. The van der Waals surface area contributed by atoms with Crippen molar-refractivity contribution >= 4 is 12.0 Å². The second-order valence-corrected chi connectivity index (χ2v) is 4.84. The second-order valence-electron chi connectivity index (χ2n) is 4.84. The molecule has 5 nitrogen and oxygen atoms in total. The molecule has 1 atom stereocenters. The predicted molar refractivity (Wildman–Crippen MR) is 61.7 cm³/mol. The van der Waals surface area contributed by atoms with Gasteiger partial charge in [0, 0.05) is 13.0 Å². The minimum atomic E-state index is -0.458. The van der Waals surface area contributed by atoms with Gasteiger partial charge >= 0.3 is 6.09 Å². The van der Waals surface area contributed by atoms with Crippen molar-refractivity contribution < 1.29 is 14.3 Å². The van der Waals surface area contributed by atoms with Crippen LogP contribution in [-0.4, -0.2) is 36.8 Å². The molecule has 1 rings (SSSR count). The van der Waals surface area contributed by atoms with E-state index in [0.717, 1.165) is 0 Å². The van der Waals surface area contributed by atoms with Gasteiger partial charge in [-0.3, -0.25) is 4.99 Å². The molecule has 1 amide bonds. The van der Waals surface area contributed by atoms with Crippen molar-refractivity contribution in [3.63, 3.8) is 0 Å². The van der Waals surface area contributed by atoms with Crippen molar-refractivity contribution in [3.05, 3.63) is 0 Å². The number of ether oxygens (including phenoxy) is 2. The van der Waals surface area contributed by atoms with E-state index in [0.29, 0.717) is 25.4 Å². The molecule has 0 radical (unpaired) electrons. The van der Waals surface area contributed by atoms with Gasteiger partial charge in [0.05, 0.1) is 6.54 Å². The maximum Gasteiger partial charge on any atom is 0.407 e. The molecule has 0 bridgehead atoms. The molecule has 1 aliphatic rings. The summed E-state index contributed by atoms with van der Waals surface area (Å²) in [6.07, 6.45) is 0.375. The first kappa shape index (κ1) is 12.8. The first-order valence-corrected chi connectivity index (χ1v) is 5.53. The molecule has 0 aromatic carbocycles. The van der Waals surface area contributed by atoms with Crippen molar-refractivity contribution in [1.82, 2.24) is 5.32 Å². The molecule has 0 aromatic rings. The zero-order valence-electron chi connectivity index (χ0n) is 10.4. The van der Waals surface area contributed by atoms with E-state index in [1.807, 2.05) is 27.7 Å². The van der Waals surface area contributed by atoms with Crippen LogP contribution in [0.2, 0.25) is 0 Å². The Bertz CT molecular complexity index is 281. The molecule has 0 spiro atoms. The molecule has 0 fully saturated rings. The van der Waals surface area contributed by atoms with Crippen LogP contribution < -0.4 is 5.32 Å². The van der Waals surface area contributed by atoms with Gasteiger partial charge in [-0.2, -0.15) is 0 Å². The van der Waals surface area contributed by atoms with E-state index >= 15 is 0 Å². The summed E-state index contributed by atoms with van der Waals surface area (Å²) in [5.41, 5.74) is -0.458. The molecular formula is C11H20N2O3. The molecule has 92 valence electrons. The average molecular weight is 228 g/mol. The topological polar surface area (TPSA) is 59.9 Å². The molecule has 5 heteroatoms. The molecule has 0 saturated carbocycles. The van der Waals surface area contributed by atoms with Crippen LogP contribution in [0.15, 0.2) is 4.99 Å². The van der Waals surface area contributed by atoms with Gasteiger partial charge in [-0.15, -0.1) is 0 Å². The van der Waals surface area contributed by atoms with Crippen LogP contribution in [0.25, 0.3) is 0 Å². The number of carbonyl (C=O) groups excluding carboxylic acids is 1. The zero-order chi connectivity index (χ0) is 12.2. The highest BCUT2D eigenvalue weighted by atomic mass is 16.6. The molecule has 0 saturated heterocycles. The van der Waals surface area contributed by atoms with E-state index < -0.39 is 11.7 Å². The van der Waals surface area contributed by atoms with E-state index in [9.17, 15) is 4.79 Å². The van der Waals surface area contributed by atoms with E-state index in [2.05, 4.69) is 10.3 Å². The summed E-state index contributed by atoms with van der Waals surface area (Å²) < 4.78 is 10.5. The van der Waals surface area contributed by atoms with Crippen LogP contribution in [0.4, 0.5) is 4.79 Å². The monoisotopic (exact) mass is 228 g/mol. The maximum absolute atomic E-state index is 11.3. The van der Waals surface area contributed by atoms with E-state index in [4.69, 9.17) is 9.47 Å². The Morgan fingerprint density at radius 3 is 2.81 bits per heavy atom. The molecule has 1 N–H and O–H groups in total. The Labute approximate surface area is 96.2 Å². The number of rotatable bonds is 3. The van der Waals surface area contributed by atoms with Crippen LogP contribution in [-0.2, 0) is 9.47 Å². The Hall–Kier alpha value is -1.26. The lowest BCUT2D eigenvalue weighted by Crippen LogP contribution is -2.33. The number of carbonyl (C=O) groups is 1. The summed E-state index contributed by atoms with van der Waals surface area (Å²) in [5.74, 6) is 0.712. The third-order valence-electron chi connectivity index (χ3n) is 1.87. The molecule has 0 aromatic heterocycles. The van der Waals surface area contributed by atoms with Gasteiger partial charge in [0.25, 0.3) is 0 Å². The summed E-state index contributed by atoms with van der Waals surface area (Å²) in [5, 5.41) is 2.66. The molecular weight excluding hydrogens is 208 g/mol. The van der Waals surface area contributed by atoms with E-state index in [1.165, 1.54) is 0 Å². The third-order valence-corrected chi connectivity index (χ3v) is 1.87. The lowest BCUT2D eigenvalue weighted by atomic mass is 10.2. The van der Waals surface area contributed by atoms with Crippen LogP contribution in [0, 0.1) is 0 Å². The Morgan fingerprint density at radius 1 is 1.62 bits per heavy atom. The van der Waals surface area contributed by atoms with Gasteiger partial charge in [0.2, 0.25) is 0 Å². The van der Waals surface area contributed by atoms with Gasteiger partial charge < -0.3 is 14.8 Å². The van der Waals surface area contributed by atoms with Gasteiger partial charge in [0.1, 0.15) is 11.7 Å². The summed E-state index contributed by atoms with van der Waals surface area (Å²) in [7, 11) is 0. The smallest absolute Gasteiger partial charge is 0.407 e. The molecule has 1 heterocycles. The summed E-state index contributed by atoms with van der Waals surface area (Å²) >= 11 is 0. The maximum atomic E-state index is 11.3. The minimum absolute atomic E-state index is 0.163. The SMILES string of the molecule is CC1CN=C(CCNC(=O)OC(C)(C)C)O1.